The van der Waals surface area contributed by atoms with Crippen molar-refractivity contribution >= 4 is 11.7 Å². The quantitative estimate of drug-likeness (QED) is 0.824. The molecule has 0 bridgehead atoms. The van der Waals surface area contributed by atoms with Crippen molar-refractivity contribution in [1.82, 2.24) is 0 Å². The zero-order valence-electron chi connectivity index (χ0n) is 15.2. The maximum absolute atomic E-state index is 12.9. The van der Waals surface area contributed by atoms with Crippen LogP contribution in [-0.4, -0.2) is 39.3 Å². The second-order valence-electron chi connectivity index (χ2n) is 6.64. The van der Waals surface area contributed by atoms with E-state index >= 15 is 0 Å². The second kappa shape index (κ2) is 7.64. The average Bonchev–Trinajstić information content (AvgIpc) is 3.01. The SMILES string of the molecule is COC(=O)c1cc(C[NH+]2CCN(c3cccc(C(F)(F)F)c3)CC2)oc1C. The molecule has 3 rings (SSSR count). The molecule has 1 fully saturated rings. The van der Waals surface area contributed by atoms with Gasteiger partial charge in [0.1, 0.15) is 17.9 Å². The molecule has 146 valence electrons. The van der Waals surface area contributed by atoms with Gasteiger partial charge in [0.25, 0.3) is 0 Å². The molecule has 1 aliphatic rings. The van der Waals surface area contributed by atoms with E-state index in [-0.39, 0.29) is 0 Å². The van der Waals surface area contributed by atoms with E-state index in [2.05, 4.69) is 0 Å². The smallest absolute Gasteiger partial charge is 0.416 e. The molecule has 1 aromatic carbocycles. The molecule has 0 aliphatic carbocycles. The number of nitrogens with zero attached hydrogens (tertiary/aromatic N) is 1. The normalized spacial score (nSPS) is 15.8. The monoisotopic (exact) mass is 383 g/mol. The molecule has 0 radical (unpaired) electrons. The largest absolute Gasteiger partial charge is 0.465 e. The van der Waals surface area contributed by atoms with Gasteiger partial charge in [0.2, 0.25) is 0 Å². The summed E-state index contributed by atoms with van der Waals surface area (Å²) in [6.45, 7) is 5.18. The van der Waals surface area contributed by atoms with Crippen molar-refractivity contribution < 1.29 is 32.0 Å². The van der Waals surface area contributed by atoms with E-state index in [1.165, 1.54) is 24.1 Å². The Morgan fingerprint density at radius 2 is 1.96 bits per heavy atom. The van der Waals surface area contributed by atoms with E-state index in [0.717, 1.165) is 19.2 Å². The van der Waals surface area contributed by atoms with Crippen molar-refractivity contribution in [2.75, 3.05) is 38.2 Å². The number of aryl methyl sites for hydroxylation is 1. The van der Waals surface area contributed by atoms with E-state index in [1.54, 1.807) is 19.1 Å². The highest BCUT2D eigenvalue weighted by molar-refractivity contribution is 5.90. The lowest BCUT2D eigenvalue weighted by Gasteiger charge is -2.33. The van der Waals surface area contributed by atoms with Crippen LogP contribution in [0.15, 0.2) is 34.7 Å². The Labute approximate surface area is 155 Å². The van der Waals surface area contributed by atoms with Crippen LogP contribution in [0.2, 0.25) is 0 Å². The van der Waals surface area contributed by atoms with Gasteiger partial charge in [0, 0.05) is 11.8 Å². The van der Waals surface area contributed by atoms with Gasteiger partial charge in [-0.2, -0.15) is 13.2 Å². The van der Waals surface area contributed by atoms with Crippen LogP contribution in [-0.2, 0) is 17.5 Å². The molecule has 1 aromatic heterocycles. The number of carbonyl (C=O) groups is 1. The number of methoxy groups -OCH3 is 1. The van der Waals surface area contributed by atoms with Gasteiger partial charge >= 0.3 is 12.1 Å². The number of benzene rings is 1. The molecule has 1 aliphatic heterocycles. The molecule has 2 aromatic rings. The van der Waals surface area contributed by atoms with Crippen molar-refractivity contribution in [2.45, 2.75) is 19.6 Å². The summed E-state index contributed by atoms with van der Waals surface area (Å²) >= 11 is 0. The van der Waals surface area contributed by atoms with Gasteiger partial charge in [-0.15, -0.1) is 0 Å². The first-order chi connectivity index (χ1) is 12.8. The highest BCUT2D eigenvalue weighted by Crippen LogP contribution is 2.31. The number of anilines is 1. The summed E-state index contributed by atoms with van der Waals surface area (Å²) in [5.74, 6) is 0.807. The molecule has 1 saturated heterocycles. The minimum absolute atomic E-state index is 0.424. The van der Waals surface area contributed by atoms with Crippen LogP contribution in [0, 0.1) is 6.92 Å². The van der Waals surface area contributed by atoms with Gasteiger partial charge < -0.3 is 19.0 Å². The van der Waals surface area contributed by atoms with E-state index in [4.69, 9.17) is 9.15 Å². The Morgan fingerprint density at radius 1 is 1.26 bits per heavy atom. The van der Waals surface area contributed by atoms with E-state index < -0.39 is 17.7 Å². The summed E-state index contributed by atoms with van der Waals surface area (Å²) < 4.78 is 49.0. The first kappa shape index (κ1) is 19.3. The summed E-state index contributed by atoms with van der Waals surface area (Å²) in [5, 5.41) is 0. The number of piperazine rings is 1. The summed E-state index contributed by atoms with van der Waals surface area (Å²) in [4.78, 5) is 14.9. The van der Waals surface area contributed by atoms with Crippen LogP contribution in [0.4, 0.5) is 18.9 Å². The third-order valence-electron chi connectivity index (χ3n) is 4.81. The highest BCUT2D eigenvalue weighted by Gasteiger charge is 2.31. The average molecular weight is 383 g/mol. The van der Waals surface area contributed by atoms with Crippen LogP contribution in [0.25, 0.3) is 0 Å². The minimum Gasteiger partial charge on any atom is -0.465 e. The lowest BCUT2D eigenvalue weighted by Crippen LogP contribution is -3.13. The zero-order valence-corrected chi connectivity index (χ0v) is 15.2. The molecular weight excluding hydrogens is 361 g/mol. The van der Waals surface area contributed by atoms with Gasteiger partial charge in [-0.1, -0.05) is 6.07 Å². The van der Waals surface area contributed by atoms with Crippen molar-refractivity contribution in [3.8, 4) is 0 Å². The third kappa shape index (κ3) is 4.44. The molecule has 0 atom stereocenters. The number of nitrogens with one attached hydrogen (secondary N) is 1. The van der Waals surface area contributed by atoms with Gasteiger partial charge in [0.05, 0.1) is 38.9 Å². The standard InChI is InChI=1S/C19H21F3N2O3/c1-13-17(18(25)26-2)11-16(27-13)12-23-6-8-24(9-7-23)15-5-3-4-14(10-15)19(20,21)22/h3-5,10-11H,6-9,12H2,1-2H3/p+1. The molecule has 8 heteroatoms. The molecule has 27 heavy (non-hydrogen) atoms. The second-order valence-corrected chi connectivity index (χ2v) is 6.64. The predicted octanol–water partition coefficient (Wildman–Crippen LogP) is 2.30. The number of ether oxygens (including phenoxy) is 1. The van der Waals surface area contributed by atoms with Gasteiger partial charge in [0.15, 0.2) is 5.76 Å². The Morgan fingerprint density at radius 3 is 2.59 bits per heavy atom. The molecule has 0 unspecified atom stereocenters. The van der Waals surface area contributed by atoms with Gasteiger partial charge in [-0.25, -0.2) is 4.79 Å². The summed E-state index contributed by atoms with van der Waals surface area (Å²) in [6, 6.07) is 7.14. The number of rotatable bonds is 4. The van der Waals surface area contributed by atoms with Gasteiger partial charge in [-0.05, 0) is 25.1 Å². The van der Waals surface area contributed by atoms with Crippen LogP contribution >= 0.6 is 0 Å². The molecule has 5 nitrogen and oxygen atoms in total. The van der Waals surface area contributed by atoms with E-state index in [9.17, 15) is 18.0 Å². The van der Waals surface area contributed by atoms with Crippen LogP contribution in [0.3, 0.4) is 0 Å². The lowest BCUT2D eigenvalue weighted by atomic mass is 10.1. The first-order valence-corrected chi connectivity index (χ1v) is 8.71. The van der Waals surface area contributed by atoms with Gasteiger partial charge in [-0.3, -0.25) is 0 Å². The topological polar surface area (TPSA) is 47.1 Å². The van der Waals surface area contributed by atoms with Crippen LogP contribution < -0.4 is 9.80 Å². The molecule has 2 heterocycles. The summed E-state index contributed by atoms with van der Waals surface area (Å²) in [5.41, 5.74) is 0.386. The number of quaternary nitrogens is 1. The van der Waals surface area contributed by atoms with Crippen molar-refractivity contribution in [3.63, 3.8) is 0 Å². The first-order valence-electron chi connectivity index (χ1n) is 8.71. The third-order valence-corrected chi connectivity index (χ3v) is 4.81. The van der Waals surface area contributed by atoms with E-state index in [0.29, 0.717) is 42.4 Å². The maximum Gasteiger partial charge on any atom is 0.416 e. The zero-order chi connectivity index (χ0) is 19.6. The molecule has 0 spiro atoms. The number of halogens is 3. The fourth-order valence-electron chi connectivity index (χ4n) is 3.33. The Kier molecular flexibility index (Phi) is 5.46. The number of esters is 1. The Hall–Kier alpha value is -2.48. The Balaban J connectivity index is 1.60. The number of furan rings is 1. The fraction of sp³-hybridized carbons (Fsp3) is 0.421. The van der Waals surface area contributed by atoms with Crippen LogP contribution in [0.5, 0.6) is 0 Å². The molecule has 1 N–H and O–H groups in total. The van der Waals surface area contributed by atoms with Crippen molar-refractivity contribution in [1.29, 1.82) is 0 Å². The number of hydrogen-bond donors (Lipinski definition) is 1. The number of hydrogen-bond acceptors (Lipinski definition) is 4. The maximum atomic E-state index is 12.9. The highest BCUT2D eigenvalue weighted by atomic mass is 19.4. The molecular formula is C19H22F3N2O3+. The molecule has 0 saturated carbocycles. The van der Waals surface area contributed by atoms with Crippen LogP contribution in [0.1, 0.15) is 27.4 Å². The lowest BCUT2D eigenvalue weighted by molar-refractivity contribution is -0.915. The Bertz CT molecular complexity index is 809. The van der Waals surface area contributed by atoms with Crippen molar-refractivity contribution in [3.05, 3.63) is 53.0 Å². The summed E-state index contributed by atoms with van der Waals surface area (Å²) in [6.07, 6.45) is -4.34. The minimum atomic E-state index is -4.34. The fourth-order valence-corrected chi connectivity index (χ4v) is 3.33. The predicted molar refractivity (Wildman–Crippen MR) is 92.8 cm³/mol. The molecule has 0 amide bonds. The number of alkyl halides is 3. The number of carbonyl (C=O) groups excluding carboxylic acids is 1. The van der Waals surface area contributed by atoms with E-state index in [1.807, 2.05) is 4.90 Å². The van der Waals surface area contributed by atoms with Crippen molar-refractivity contribution in [2.24, 2.45) is 0 Å². The summed E-state index contributed by atoms with van der Waals surface area (Å²) in [7, 11) is 1.33.